The summed E-state index contributed by atoms with van der Waals surface area (Å²) >= 11 is 1.82. The molecule has 25 heavy (non-hydrogen) atoms. The van der Waals surface area contributed by atoms with Crippen molar-refractivity contribution in [2.24, 2.45) is 4.99 Å². The second-order valence-electron chi connectivity index (χ2n) is 5.29. The van der Waals surface area contributed by atoms with Crippen LogP contribution in [0.25, 0.3) is 0 Å². The molecule has 2 aromatic rings. The van der Waals surface area contributed by atoms with E-state index < -0.39 is 0 Å². The highest BCUT2D eigenvalue weighted by Gasteiger charge is 2.02. The Bertz CT molecular complexity index is 617. The highest BCUT2D eigenvalue weighted by Crippen LogP contribution is 2.00. The van der Waals surface area contributed by atoms with Crippen LogP contribution in [0.4, 0.5) is 0 Å². The molecule has 2 N–H and O–H groups in total. The van der Waals surface area contributed by atoms with Crippen LogP contribution in [0.2, 0.25) is 0 Å². The Balaban J connectivity index is 0.00000312. The largest absolute Gasteiger partial charge is 0.356 e. The lowest BCUT2D eigenvalue weighted by molar-refractivity contribution is 0.633. The van der Waals surface area contributed by atoms with Crippen molar-refractivity contribution in [1.82, 2.24) is 25.4 Å². The van der Waals surface area contributed by atoms with Crippen LogP contribution < -0.4 is 10.6 Å². The van der Waals surface area contributed by atoms with E-state index in [0.717, 1.165) is 43.6 Å². The van der Waals surface area contributed by atoms with Gasteiger partial charge in [-0.1, -0.05) is 37.3 Å². The number of aromatic nitrogens is 3. The monoisotopic (exact) mass is 474 g/mol. The Morgan fingerprint density at radius 3 is 2.68 bits per heavy atom. The van der Waals surface area contributed by atoms with E-state index in [-0.39, 0.29) is 24.0 Å². The topological polar surface area (TPSA) is 67.1 Å². The molecule has 0 fully saturated rings. The van der Waals surface area contributed by atoms with E-state index in [4.69, 9.17) is 0 Å². The molecule has 8 heteroatoms. The maximum atomic E-state index is 4.67. The highest BCUT2D eigenvalue weighted by molar-refractivity contribution is 14.0. The normalized spacial score (nSPS) is 11.0. The molecule has 138 valence electrons. The van der Waals surface area contributed by atoms with E-state index in [9.17, 15) is 0 Å². The zero-order chi connectivity index (χ0) is 17.0. The zero-order valence-corrected chi connectivity index (χ0v) is 18.0. The summed E-state index contributed by atoms with van der Waals surface area (Å²) in [6.07, 6.45) is 4.78. The summed E-state index contributed by atoms with van der Waals surface area (Å²) in [6, 6.07) is 10.3. The molecule has 0 aliphatic heterocycles. The van der Waals surface area contributed by atoms with Gasteiger partial charge in [0.05, 0.1) is 6.54 Å². The molecule has 1 heterocycles. The number of aryl methyl sites for hydroxylation is 1. The van der Waals surface area contributed by atoms with Crippen LogP contribution in [0, 0.1) is 0 Å². The molecule has 0 unspecified atom stereocenters. The highest BCUT2D eigenvalue weighted by atomic mass is 127. The number of halogens is 1. The molecular weight excluding hydrogens is 447 g/mol. The maximum Gasteiger partial charge on any atom is 0.191 e. The Hall–Kier alpha value is -1.29. The molecular formula is C17H27IN6S. The molecule has 0 saturated heterocycles. The maximum absolute atomic E-state index is 4.67. The number of hydrogen-bond acceptors (Lipinski definition) is 4. The second-order valence-corrected chi connectivity index (χ2v) is 6.28. The van der Waals surface area contributed by atoms with Crippen molar-refractivity contribution in [3.05, 3.63) is 48.0 Å². The van der Waals surface area contributed by atoms with E-state index in [0.29, 0.717) is 6.54 Å². The molecule has 0 atom stereocenters. The van der Waals surface area contributed by atoms with Crippen LogP contribution in [0.5, 0.6) is 0 Å². The molecule has 0 aliphatic carbocycles. The number of rotatable bonds is 9. The lowest BCUT2D eigenvalue weighted by Crippen LogP contribution is -2.40. The van der Waals surface area contributed by atoms with Crippen molar-refractivity contribution in [2.75, 3.05) is 25.1 Å². The number of thioether (sulfide) groups is 1. The predicted octanol–water partition coefficient (Wildman–Crippen LogP) is 2.56. The van der Waals surface area contributed by atoms with Gasteiger partial charge >= 0.3 is 0 Å². The molecule has 2 rings (SSSR count). The number of benzene rings is 1. The van der Waals surface area contributed by atoms with Crippen LogP contribution >= 0.6 is 35.7 Å². The van der Waals surface area contributed by atoms with Crippen LogP contribution in [0.3, 0.4) is 0 Å². The van der Waals surface area contributed by atoms with Crippen LogP contribution in [0.15, 0.2) is 41.7 Å². The van der Waals surface area contributed by atoms with Gasteiger partial charge in [0.1, 0.15) is 12.2 Å². The number of guanidine groups is 1. The molecule has 0 aliphatic rings. The van der Waals surface area contributed by atoms with Gasteiger partial charge in [0.15, 0.2) is 5.96 Å². The Kier molecular flexibility index (Phi) is 11.3. The minimum absolute atomic E-state index is 0. The summed E-state index contributed by atoms with van der Waals surface area (Å²) in [4.78, 5) is 4.67. The fourth-order valence-corrected chi connectivity index (χ4v) is 2.54. The van der Waals surface area contributed by atoms with Gasteiger partial charge in [0, 0.05) is 31.8 Å². The first-order valence-electron chi connectivity index (χ1n) is 8.25. The number of hydrogen-bond donors (Lipinski definition) is 2. The molecule has 1 aromatic carbocycles. The van der Waals surface area contributed by atoms with E-state index in [1.165, 1.54) is 5.56 Å². The van der Waals surface area contributed by atoms with Gasteiger partial charge in [-0.2, -0.15) is 11.8 Å². The van der Waals surface area contributed by atoms with Gasteiger partial charge < -0.3 is 15.2 Å². The molecule has 0 saturated carbocycles. The van der Waals surface area contributed by atoms with Gasteiger partial charge in [0.2, 0.25) is 0 Å². The lowest BCUT2D eigenvalue weighted by Gasteiger charge is -2.13. The van der Waals surface area contributed by atoms with Gasteiger partial charge in [0.25, 0.3) is 0 Å². The standard InChI is InChI=1S/C17H26N6S.HI/c1-3-16-22-21-14-23(16)11-9-18-17(19-10-12-24-2)20-13-15-7-5-4-6-8-15;/h4-8,14H,3,9-13H2,1-2H3,(H2,18,19,20);1H. The van der Waals surface area contributed by atoms with Crippen LogP contribution in [0.1, 0.15) is 18.3 Å². The number of aliphatic imine (C=N–C) groups is 1. The summed E-state index contributed by atoms with van der Waals surface area (Å²) in [5.41, 5.74) is 1.20. The third-order valence-electron chi connectivity index (χ3n) is 3.52. The summed E-state index contributed by atoms with van der Waals surface area (Å²) in [7, 11) is 0. The van der Waals surface area contributed by atoms with E-state index in [2.05, 4.69) is 55.7 Å². The minimum atomic E-state index is 0. The SMILES string of the molecule is CCc1nncn1CCNC(=NCc1ccccc1)NCCSC.I. The van der Waals surface area contributed by atoms with Crippen molar-refractivity contribution < 1.29 is 0 Å². The van der Waals surface area contributed by atoms with Gasteiger partial charge in [-0.25, -0.2) is 4.99 Å². The van der Waals surface area contributed by atoms with Gasteiger partial charge in [-0.3, -0.25) is 0 Å². The van der Waals surface area contributed by atoms with Crippen molar-refractivity contribution in [3.63, 3.8) is 0 Å². The lowest BCUT2D eigenvalue weighted by atomic mass is 10.2. The number of nitrogens with zero attached hydrogens (tertiary/aromatic N) is 4. The van der Waals surface area contributed by atoms with Crippen LogP contribution in [-0.4, -0.2) is 45.8 Å². The van der Waals surface area contributed by atoms with E-state index >= 15 is 0 Å². The Morgan fingerprint density at radius 2 is 1.96 bits per heavy atom. The fraction of sp³-hybridized carbons (Fsp3) is 0.471. The molecule has 6 nitrogen and oxygen atoms in total. The molecule has 0 bridgehead atoms. The van der Waals surface area contributed by atoms with Gasteiger partial charge in [-0.05, 0) is 11.8 Å². The fourth-order valence-electron chi connectivity index (χ4n) is 2.23. The van der Waals surface area contributed by atoms with Crippen LogP contribution in [-0.2, 0) is 19.5 Å². The first-order valence-corrected chi connectivity index (χ1v) is 9.64. The quantitative estimate of drug-likeness (QED) is 0.253. The van der Waals surface area contributed by atoms with E-state index in [1.807, 2.05) is 30.0 Å². The smallest absolute Gasteiger partial charge is 0.191 e. The van der Waals surface area contributed by atoms with Crippen molar-refractivity contribution in [2.45, 2.75) is 26.4 Å². The van der Waals surface area contributed by atoms with E-state index in [1.54, 1.807) is 6.33 Å². The van der Waals surface area contributed by atoms with Crippen molar-refractivity contribution in [3.8, 4) is 0 Å². The summed E-state index contributed by atoms with van der Waals surface area (Å²) < 4.78 is 2.07. The Morgan fingerprint density at radius 1 is 1.20 bits per heavy atom. The van der Waals surface area contributed by atoms with Crippen molar-refractivity contribution >= 4 is 41.7 Å². The third-order valence-corrected chi connectivity index (χ3v) is 4.13. The summed E-state index contributed by atoms with van der Waals surface area (Å²) in [5, 5.41) is 14.8. The second kappa shape index (κ2) is 13.0. The van der Waals surface area contributed by atoms with Crippen molar-refractivity contribution in [1.29, 1.82) is 0 Å². The first kappa shape index (κ1) is 21.8. The Labute approximate surface area is 171 Å². The third kappa shape index (κ3) is 8.08. The zero-order valence-electron chi connectivity index (χ0n) is 14.8. The first-order chi connectivity index (χ1) is 11.8. The predicted molar refractivity (Wildman–Crippen MR) is 117 cm³/mol. The molecule has 0 radical (unpaired) electrons. The summed E-state index contributed by atoms with van der Waals surface area (Å²) in [6.45, 7) is 5.26. The minimum Gasteiger partial charge on any atom is -0.356 e. The summed E-state index contributed by atoms with van der Waals surface area (Å²) in [5.74, 6) is 2.91. The number of nitrogens with one attached hydrogen (secondary N) is 2. The molecule has 1 aromatic heterocycles. The average molecular weight is 474 g/mol. The molecule has 0 spiro atoms. The average Bonchev–Trinajstić information content (AvgIpc) is 3.08. The van der Waals surface area contributed by atoms with Gasteiger partial charge in [-0.15, -0.1) is 34.2 Å². The molecule has 0 amide bonds.